The van der Waals surface area contributed by atoms with Crippen LogP contribution in [0.1, 0.15) is 11.5 Å². The molecule has 0 aliphatic carbocycles. The largest absolute Gasteiger partial charge is 0.468 e. The van der Waals surface area contributed by atoms with Crippen LogP contribution in [0.2, 0.25) is 0 Å². The topological polar surface area (TPSA) is 46.6 Å². The van der Waals surface area contributed by atoms with Crippen molar-refractivity contribution in [3.8, 4) is 0 Å². The summed E-state index contributed by atoms with van der Waals surface area (Å²) in [4.78, 5) is 28.4. The second kappa shape index (κ2) is 4.36. The van der Waals surface area contributed by atoms with Crippen LogP contribution in [-0.2, 0) is 14.3 Å². The number of amides is 1. The fraction of sp³-hybridized carbons (Fsp3) is 0.125. The quantitative estimate of drug-likeness (QED) is 0.599. The summed E-state index contributed by atoms with van der Waals surface area (Å²) in [6.45, 7) is 0. The van der Waals surface area contributed by atoms with Crippen molar-refractivity contribution in [1.29, 1.82) is 0 Å². The van der Waals surface area contributed by atoms with Crippen molar-refractivity contribution in [2.75, 3.05) is 12.0 Å². The first kappa shape index (κ1) is 12.5. The van der Waals surface area contributed by atoms with Gasteiger partial charge < -0.3 is 4.74 Å². The SMILES string of the molecule is COC(=O)C1C(=O)N2c3ccccc3Sc3cccc1c32. The van der Waals surface area contributed by atoms with Crippen LogP contribution in [0.15, 0.2) is 52.3 Å². The lowest BCUT2D eigenvalue weighted by Crippen LogP contribution is -2.29. The van der Waals surface area contributed by atoms with Gasteiger partial charge in [0, 0.05) is 15.4 Å². The molecule has 1 amide bonds. The summed E-state index contributed by atoms with van der Waals surface area (Å²) in [6.07, 6.45) is 0. The molecule has 2 aliphatic rings. The van der Waals surface area contributed by atoms with E-state index in [0.717, 1.165) is 26.7 Å². The van der Waals surface area contributed by atoms with E-state index in [1.807, 2.05) is 42.5 Å². The molecule has 0 saturated carbocycles. The highest BCUT2D eigenvalue weighted by Gasteiger charge is 2.46. The average molecular weight is 297 g/mol. The Morgan fingerprint density at radius 1 is 1.14 bits per heavy atom. The number of para-hydroxylation sites is 2. The molecule has 4 nitrogen and oxygen atoms in total. The van der Waals surface area contributed by atoms with Crippen molar-refractivity contribution in [1.82, 2.24) is 0 Å². The van der Waals surface area contributed by atoms with Crippen LogP contribution >= 0.6 is 11.8 Å². The number of anilines is 2. The van der Waals surface area contributed by atoms with Gasteiger partial charge in [-0.25, -0.2) is 0 Å². The zero-order chi connectivity index (χ0) is 14.6. The number of methoxy groups -OCH3 is 1. The number of esters is 1. The van der Waals surface area contributed by atoms with Gasteiger partial charge in [-0.05, 0) is 18.2 Å². The number of nitrogens with zero attached hydrogens (tertiary/aromatic N) is 1. The molecule has 5 heteroatoms. The maximum atomic E-state index is 12.8. The first-order valence-electron chi connectivity index (χ1n) is 6.54. The lowest BCUT2D eigenvalue weighted by Gasteiger charge is -2.27. The molecular formula is C16H11NO3S. The number of carbonyl (C=O) groups is 2. The van der Waals surface area contributed by atoms with Crippen LogP contribution in [0.4, 0.5) is 11.4 Å². The summed E-state index contributed by atoms with van der Waals surface area (Å²) in [6, 6.07) is 13.4. The molecule has 0 radical (unpaired) electrons. The number of carbonyl (C=O) groups excluding carboxylic acids is 2. The fourth-order valence-corrected chi connectivity index (χ4v) is 4.00. The first-order chi connectivity index (χ1) is 10.2. The third kappa shape index (κ3) is 1.58. The first-order valence-corrected chi connectivity index (χ1v) is 7.35. The van der Waals surface area contributed by atoms with Crippen molar-refractivity contribution < 1.29 is 14.3 Å². The van der Waals surface area contributed by atoms with Crippen LogP contribution in [-0.4, -0.2) is 19.0 Å². The van der Waals surface area contributed by atoms with Crippen LogP contribution in [0.3, 0.4) is 0 Å². The normalized spacial score (nSPS) is 18.2. The molecule has 0 aromatic heterocycles. The number of rotatable bonds is 1. The van der Waals surface area contributed by atoms with Crippen LogP contribution in [0.25, 0.3) is 0 Å². The van der Waals surface area contributed by atoms with E-state index in [9.17, 15) is 9.59 Å². The Kier molecular flexibility index (Phi) is 2.59. The third-order valence-electron chi connectivity index (χ3n) is 3.80. The van der Waals surface area contributed by atoms with Gasteiger partial charge in [0.1, 0.15) is 0 Å². The van der Waals surface area contributed by atoms with Gasteiger partial charge in [0.05, 0.1) is 18.5 Å². The van der Waals surface area contributed by atoms with Gasteiger partial charge in [0.15, 0.2) is 5.92 Å². The van der Waals surface area contributed by atoms with Gasteiger partial charge in [-0.2, -0.15) is 0 Å². The highest BCUT2D eigenvalue weighted by atomic mass is 32.2. The van der Waals surface area contributed by atoms with Gasteiger partial charge >= 0.3 is 5.97 Å². The molecule has 0 spiro atoms. The number of ether oxygens (including phenoxy) is 1. The van der Waals surface area contributed by atoms with E-state index in [1.54, 1.807) is 16.7 Å². The molecule has 2 aromatic carbocycles. The smallest absolute Gasteiger partial charge is 0.322 e. The second-order valence-corrected chi connectivity index (χ2v) is 5.98. The number of hydrogen-bond acceptors (Lipinski definition) is 4. The van der Waals surface area contributed by atoms with Gasteiger partial charge in [0.25, 0.3) is 5.91 Å². The summed E-state index contributed by atoms with van der Waals surface area (Å²) in [5, 5.41) is 0. The van der Waals surface area contributed by atoms with Crippen molar-refractivity contribution in [3.05, 3.63) is 48.0 Å². The van der Waals surface area contributed by atoms with Crippen molar-refractivity contribution in [2.45, 2.75) is 15.7 Å². The van der Waals surface area contributed by atoms with Crippen molar-refractivity contribution in [2.24, 2.45) is 0 Å². The van der Waals surface area contributed by atoms with E-state index in [4.69, 9.17) is 4.74 Å². The monoisotopic (exact) mass is 297 g/mol. The molecule has 2 heterocycles. The van der Waals surface area contributed by atoms with Gasteiger partial charge in [-0.1, -0.05) is 36.0 Å². The molecule has 0 saturated heterocycles. The number of hydrogen-bond donors (Lipinski definition) is 0. The van der Waals surface area contributed by atoms with Crippen molar-refractivity contribution >= 4 is 35.0 Å². The molecule has 21 heavy (non-hydrogen) atoms. The van der Waals surface area contributed by atoms with E-state index in [0.29, 0.717) is 0 Å². The molecule has 0 N–H and O–H groups in total. The summed E-state index contributed by atoms with van der Waals surface area (Å²) in [5.41, 5.74) is 2.38. The molecule has 0 bridgehead atoms. The molecule has 2 aliphatic heterocycles. The summed E-state index contributed by atoms with van der Waals surface area (Å²) in [5.74, 6) is -1.61. The summed E-state index contributed by atoms with van der Waals surface area (Å²) >= 11 is 1.62. The molecular weight excluding hydrogens is 286 g/mol. The van der Waals surface area contributed by atoms with Gasteiger partial charge in [-0.15, -0.1) is 0 Å². The third-order valence-corrected chi connectivity index (χ3v) is 4.91. The van der Waals surface area contributed by atoms with E-state index in [-0.39, 0.29) is 5.91 Å². The Labute approximate surface area is 125 Å². The van der Waals surface area contributed by atoms with E-state index >= 15 is 0 Å². The molecule has 1 atom stereocenters. The Hall–Kier alpha value is -2.27. The Morgan fingerprint density at radius 2 is 1.90 bits per heavy atom. The summed E-state index contributed by atoms with van der Waals surface area (Å²) in [7, 11) is 1.31. The fourth-order valence-electron chi connectivity index (χ4n) is 2.90. The summed E-state index contributed by atoms with van der Waals surface area (Å²) < 4.78 is 4.81. The molecule has 4 rings (SSSR count). The van der Waals surface area contributed by atoms with Crippen LogP contribution < -0.4 is 4.90 Å². The van der Waals surface area contributed by atoms with E-state index in [2.05, 4.69) is 0 Å². The zero-order valence-electron chi connectivity index (χ0n) is 11.2. The standard InChI is InChI=1S/C16H11NO3S/c1-20-16(19)13-9-5-4-8-12-14(9)17(15(13)18)10-6-2-3-7-11(10)21-12/h2-8,13H,1H3. The van der Waals surface area contributed by atoms with E-state index in [1.165, 1.54) is 7.11 Å². The van der Waals surface area contributed by atoms with Crippen LogP contribution in [0, 0.1) is 0 Å². The molecule has 104 valence electrons. The minimum Gasteiger partial charge on any atom is -0.468 e. The second-order valence-electron chi connectivity index (χ2n) is 4.89. The Morgan fingerprint density at radius 3 is 2.71 bits per heavy atom. The predicted molar refractivity (Wildman–Crippen MR) is 78.9 cm³/mol. The molecule has 2 aromatic rings. The van der Waals surface area contributed by atoms with Crippen molar-refractivity contribution in [3.63, 3.8) is 0 Å². The number of benzene rings is 2. The average Bonchev–Trinajstić information content (AvgIpc) is 2.81. The lowest BCUT2D eigenvalue weighted by molar-refractivity contribution is -0.145. The minimum atomic E-state index is -0.864. The lowest BCUT2D eigenvalue weighted by atomic mass is 10.0. The van der Waals surface area contributed by atoms with Gasteiger partial charge in [0.2, 0.25) is 0 Å². The Bertz CT molecular complexity index is 787. The highest BCUT2D eigenvalue weighted by molar-refractivity contribution is 7.99. The van der Waals surface area contributed by atoms with Crippen LogP contribution in [0.5, 0.6) is 0 Å². The maximum absolute atomic E-state index is 12.8. The highest BCUT2D eigenvalue weighted by Crippen LogP contribution is 2.54. The predicted octanol–water partition coefficient (Wildman–Crippen LogP) is 3.09. The molecule has 1 unspecified atom stereocenters. The van der Waals surface area contributed by atoms with E-state index < -0.39 is 11.9 Å². The molecule has 0 fully saturated rings. The Balaban J connectivity index is 1.98. The maximum Gasteiger partial charge on any atom is 0.322 e. The zero-order valence-corrected chi connectivity index (χ0v) is 12.0. The minimum absolute atomic E-state index is 0.239. The number of fused-ring (bicyclic) bond motifs is 2. The van der Waals surface area contributed by atoms with Gasteiger partial charge in [-0.3, -0.25) is 14.5 Å².